The molecule has 0 spiro atoms. The van der Waals surface area contributed by atoms with Gasteiger partial charge >= 0.3 is 0 Å². The van der Waals surface area contributed by atoms with Crippen LogP contribution in [-0.2, 0) is 5.41 Å². The molecule has 1 heterocycles. The molecule has 0 radical (unpaired) electrons. The Bertz CT molecular complexity index is 526. The summed E-state index contributed by atoms with van der Waals surface area (Å²) in [6.07, 6.45) is 8.36. The molecule has 0 amide bonds. The lowest BCUT2D eigenvalue weighted by Gasteiger charge is -2.38. The van der Waals surface area contributed by atoms with E-state index in [2.05, 4.69) is 36.2 Å². The van der Waals surface area contributed by atoms with Crippen LogP contribution in [0, 0.1) is 0 Å². The number of likely N-dealkylation sites (tertiary alicyclic amines) is 1. The summed E-state index contributed by atoms with van der Waals surface area (Å²) in [5.41, 5.74) is 1.49. The normalized spacial score (nSPS) is 29.2. The highest BCUT2D eigenvalue weighted by Gasteiger charge is 2.46. The van der Waals surface area contributed by atoms with Crippen molar-refractivity contribution in [1.82, 2.24) is 4.90 Å². The van der Waals surface area contributed by atoms with Crippen molar-refractivity contribution >= 4 is 0 Å². The fourth-order valence-electron chi connectivity index (χ4n) is 3.86. The van der Waals surface area contributed by atoms with E-state index in [0.717, 1.165) is 18.0 Å². The molecule has 2 atom stereocenters. The van der Waals surface area contributed by atoms with Crippen molar-refractivity contribution in [3.63, 3.8) is 0 Å². The van der Waals surface area contributed by atoms with Crippen LogP contribution in [-0.4, -0.2) is 38.8 Å². The summed E-state index contributed by atoms with van der Waals surface area (Å²) in [7, 11) is 5.63. The zero-order chi connectivity index (χ0) is 14.2. The minimum atomic E-state index is 0.145. The Kier molecular flexibility index (Phi) is 3.47. The summed E-state index contributed by atoms with van der Waals surface area (Å²) in [6, 6.07) is 6.98. The van der Waals surface area contributed by atoms with Crippen LogP contribution in [0.2, 0.25) is 0 Å². The highest BCUT2D eigenvalue weighted by Crippen LogP contribution is 2.46. The molecule has 1 aromatic carbocycles. The van der Waals surface area contributed by atoms with Crippen LogP contribution in [0.3, 0.4) is 0 Å². The van der Waals surface area contributed by atoms with Gasteiger partial charge in [0.15, 0.2) is 11.5 Å². The van der Waals surface area contributed by atoms with Gasteiger partial charge in [-0.2, -0.15) is 0 Å². The maximum atomic E-state index is 5.48. The van der Waals surface area contributed by atoms with E-state index in [-0.39, 0.29) is 5.41 Å². The predicted octanol–water partition coefficient (Wildman–Crippen LogP) is 3.00. The van der Waals surface area contributed by atoms with E-state index in [1.54, 1.807) is 14.2 Å². The van der Waals surface area contributed by atoms with E-state index in [1.165, 1.54) is 24.8 Å². The zero-order valence-corrected chi connectivity index (χ0v) is 12.6. The molecule has 1 saturated heterocycles. The quantitative estimate of drug-likeness (QED) is 0.790. The minimum absolute atomic E-state index is 0.145. The number of rotatable bonds is 3. The number of likely N-dealkylation sites (N-methyl/N-ethyl adjacent to an activating group) is 1. The third-order valence-corrected chi connectivity index (χ3v) is 4.95. The van der Waals surface area contributed by atoms with Gasteiger partial charge in [-0.3, -0.25) is 0 Å². The fourth-order valence-corrected chi connectivity index (χ4v) is 3.86. The van der Waals surface area contributed by atoms with E-state index in [0.29, 0.717) is 6.04 Å². The lowest BCUT2D eigenvalue weighted by molar-refractivity contribution is 0.248. The highest BCUT2D eigenvalue weighted by molar-refractivity contribution is 5.48. The van der Waals surface area contributed by atoms with Gasteiger partial charge < -0.3 is 14.4 Å². The number of methoxy groups -OCH3 is 2. The van der Waals surface area contributed by atoms with E-state index in [4.69, 9.17) is 9.47 Å². The molecule has 0 saturated carbocycles. The van der Waals surface area contributed by atoms with Crippen LogP contribution >= 0.6 is 0 Å². The number of hydrogen-bond donors (Lipinski definition) is 0. The Labute approximate surface area is 121 Å². The Morgan fingerprint density at radius 2 is 2.00 bits per heavy atom. The number of fused-ring (bicyclic) bond motifs is 1. The van der Waals surface area contributed by atoms with Crippen LogP contribution in [0.15, 0.2) is 30.4 Å². The number of nitrogens with zero attached hydrogens (tertiary/aromatic N) is 1. The van der Waals surface area contributed by atoms with Crippen molar-refractivity contribution in [2.24, 2.45) is 0 Å². The Hall–Kier alpha value is -1.48. The summed E-state index contributed by atoms with van der Waals surface area (Å²) in [6.45, 7) is 1.16. The molecule has 20 heavy (non-hydrogen) atoms. The van der Waals surface area contributed by atoms with Gasteiger partial charge in [-0.1, -0.05) is 18.2 Å². The first-order valence-electron chi connectivity index (χ1n) is 7.32. The monoisotopic (exact) mass is 273 g/mol. The molecule has 3 heteroatoms. The summed E-state index contributed by atoms with van der Waals surface area (Å²) >= 11 is 0. The van der Waals surface area contributed by atoms with Crippen LogP contribution in [0.5, 0.6) is 11.5 Å². The molecule has 1 aromatic rings. The number of benzene rings is 1. The molecular formula is C17H23NO2. The van der Waals surface area contributed by atoms with Crippen LogP contribution < -0.4 is 9.47 Å². The van der Waals surface area contributed by atoms with Gasteiger partial charge in [-0.15, -0.1) is 0 Å². The Balaban J connectivity index is 2.06. The lowest BCUT2D eigenvalue weighted by Crippen LogP contribution is -2.41. The smallest absolute Gasteiger partial charge is 0.161 e. The van der Waals surface area contributed by atoms with Crippen molar-refractivity contribution < 1.29 is 9.47 Å². The van der Waals surface area contributed by atoms with Crippen molar-refractivity contribution in [2.45, 2.75) is 30.7 Å². The van der Waals surface area contributed by atoms with E-state index < -0.39 is 0 Å². The van der Waals surface area contributed by atoms with Gasteiger partial charge in [0.2, 0.25) is 0 Å². The maximum absolute atomic E-state index is 5.48. The standard InChI is InChI=1S/C17H23NO2/c1-18-11-10-17(9-5-4-6-16(17)18)13-7-8-14(19-2)15(12-13)20-3/h5,7-9,12,16H,4,6,10-11H2,1-3H3/t16-,17-/m0/s1. The van der Waals surface area contributed by atoms with Gasteiger partial charge in [0.25, 0.3) is 0 Å². The summed E-state index contributed by atoms with van der Waals surface area (Å²) in [5.74, 6) is 1.63. The average molecular weight is 273 g/mol. The maximum Gasteiger partial charge on any atom is 0.161 e. The van der Waals surface area contributed by atoms with Crippen LogP contribution in [0.25, 0.3) is 0 Å². The first-order chi connectivity index (χ1) is 9.71. The molecule has 0 aromatic heterocycles. The third-order valence-electron chi connectivity index (χ3n) is 4.95. The Morgan fingerprint density at radius 3 is 2.75 bits per heavy atom. The second kappa shape index (κ2) is 5.13. The number of hydrogen-bond acceptors (Lipinski definition) is 3. The molecule has 0 unspecified atom stereocenters. The molecule has 1 aliphatic carbocycles. The number of ether oxygens (including phenoxy) is 2. The van der Waals surface area contributed by atoms with Crippen LogP contribution in [0.4, 0.5) is 0 Å². The fraction of sp³-hybridized carbons (Fsp3) is 0.529. The first-order valence-corrected chi connectivity index (χ1v) is 7.32. The largest absolute Gasteiger partial charge is 0.493 e. The molecule has 3 nitrogen and oxygen atoms in total. The topological polar surface area (TPSA) is 21.7 Å². The second-order valence-electron chi connectivity index (χ2n) is 5.84. The molecular weight excluding hydrogens is 250 g/mol. The van der Waals surface area contributed by atoms with E-state index in [1.807, 2.05) is 6.07 Å². The molecule has 0 N–H and O–H groups in total. The number of allylic oxidation sites excluding steroid dienone is 1. The van der Waals surface area contributed by atoms with Crippen molar-refractivity contribution in [1.29, 1.82) is 0 Å². The lowest BCUT2D eigenvalue weighted by atomic mass is 9.70. The highest BCUT2D eigenvalue weighted by atomic mass is 16.5. The van der Waals surface area contributed by atoms with Gasteiger partial charge in [0.1, 0.15) is 0 Å². The molecule has 1 aliphatic heterocycles. The Morgan fingerprint density at radius 1 is 1.20 bits per heavy atom. The molecule has 0 bridgehead atoms. The first kappa shape index (κ1) is 13.5. The second-order valence-corrected chi connectivity index (χ2v) is 5.84. The van der Waals surface area contributed by atoms with E-state index in [9.17, 15) is 0 Å². The van der Waals surface area contributed by atoms with Gasteiger partial charge in [0, 0.05) is 11.5 Å². The molecule has 3 rings (SSSR count). The van der Waals surface area contributed by atoms with Crippen molar-refractivity contribution in [3.05, 3.63) is 35.9 Å². The average Bonchev–Trinajstić information content (AvgIpc) is 2.85. The summed E-state index contributed by atoms with van der Waals surface area (Å²) < 4.78 is 10.8. The zero-order valence-electron chi connectivity index (χ0n) is 12.6. The molecule has 1 fully saturated rings. The SMILES string of the molecule is COc1ccc([C@@]23C=CCC[C@@H]2N(C)CC3)cc1OC. The minimum Gasteiger partial charge on any atom is -0.493 e. The molecule has 108 valence electrons. The summed E-state index contributed by atoms with van der Waals surface area (Å²) in [5, 5.41) is 0. The van der Waals surface area contributed by atoms with Gasteiger partial charge in [0.05, 0.1) is 14.2 Å². The van der Waals surface area contributed by atoms with Crippen molar-refractivity contribution in [2.75, 3.05) is 27.8 Å². The predicted molar refractivity (Wildman–Crippen MR) is 80.6 cm³/mol. The third kappa shape index (κ3) is 1.92. The summed E-state index contributed by atoms with van der Waals surface area (Å²) in [4.78, 5) is 2.50. The van der Waals surface area contributed by atoms with Crippen LogP contribution in [0.1, 0.15) is 24.8 Å². The van der Waals surface area contributed by atoms with Gasteiger partial charge in [-0.05, 0) is 50.6 Å². The van der Waals surface area contributed by atoms with Crippen molar-refractivity contribution in [3.8, 4) is 11.5 Å². The molecule has 2 aliphatic rings. The van der Waals surface area contributed by atoms with Gasteiger partial charge in [-0.25, -0.2) is 0 Å². The van der Waals surface area contributed by atoms with E-state index >= 15 is 0 Å².